The molecule has 0 spiro atoms. The molecule has 4 fully saturated rings. The van der Waals surface area contributed by atoms with Gasteiger partial charge in [-0.25, -0.2) is 0 Å². The number of benzene rings is 1. The molecule has 1 aromatic rings. The van der Waals surface area contributed by atoms with E-state index in [4.69, 9.17) is 5.73 Å². The average molecular weight is 447 g/mol. The molecule has 2 amide bonds. The van der Waals surface area contributed by atoms with Crippen molar-refractivity contribution < 1.29 is 22.8 Å². The third-order valence-corrected chi connectivity index (χ3v) is 7.19. The van der Waals surface area contributed by atoms with Crippen LogP contribution < -0.4 is 10.6 Å². The number of anilines is 1. The summed E-state index contributed by atoms with van der Waals surface area (Å²) in [5.74, 6) is -0.135. The van der Waals surface area contributed by atoms with Crippen LogP contribution in [0.4, 0.5) is 18.9 Å². The van der Waals surface area contributed by atoms with Crippen LogP contribution in [0.1, 0.15) is 30.4 Å². The maximum Gasteiger partial charge on any atom is 0.416 e. The number of aryl methyl sites for hydroxylation is 1. The van der Waals surface area contributed by atoms with E-state index < -0.39 is 29.9 Å². The van der Waals surface area contributed by atoms with Gasteiger partial charge in [0.05, 0.1) is 29.8 Å². The maximum atomic E-state index is 13.2. The van der Waals surface area contributed by atoms with Crippen LogP contribution in [0.25, 0.3) is 0 Å². The van der Waals surface area contributed by atoms with E-state index >= 15 is 0 Å². The number of nitrogens with two attached hydrogens (primary N) is 1. The largest absolute Gasteiger partial charge is 0.416 e. The number of amides is 2. The molecule has 1 aliphatic carbocycles. The first-order valence-electron chi connectivity index (χ1n) is 10.8. The number of carbonyl (C=O) groups is 2. The van der Waals surface area contributed by atoms with Crippen molar-refractivity contribution in [2.45, 2.75) is 62.6 Å². The Hall–Kier alpha value is -2.64. The van der Waals surface area contributed by atoms with Gasteiger partial charge in [0.15, 0.2) is 0 Å². The van der Waals surface area contributed by atoms with Crippen LogP contribution >= 0.6 is 0 Å². The predicted molar refractivity (Wildman–Crippen MR) is 108 cm³/mol. The Labute approximate surface area is 183 Å². The molecule has 1 aromatic carbocycles. The van der Waals surface area contributed by atoms with E-state index in [9.17, 15) is 28.0 Å². The molecule has 3 saturated heterocycles. The molecule has 32 heavy (non-hydrogen) atoms. The molecule has 0 aromatic heterocycles. The van der Waals surface area contributed by atoms with E-state index in [1.807, 2.05) is 4.90 Å². The number of hydrogen-bond acceptors (Lipinski definition) is 5. The lowest BCUT2D eigenvalue weighted by Crippen LogP contribution is -2.57. The van der Waals surface area contributed by atoms with Gasteiger partial charge in [-0.2, -0.15) is 18.4 Å². The molecular weight excluding hydrogens is 423 g/mol. The molecule has 4 aliphatic rings. The molecule has 170 valence electrons. The van der Waals surface area contributed by atoms with Gasteiger partial charge in [0.1, 0.15) is 6.04 Å². The van der Waals surface area contributed by atoms with Gasteiger partial charge >= 0.3 is 6.18 Å². The number of piperidine rings is 1. The highest BCUT2D eigenvalue weighted by Crippen LogP contribution is 2.48. The highest BCUT2D eigenvalue weighted by Gasteiger charge is 2.56. The number of rotatable bonds is 4. The van der Waals surface area contributed by atoms with Crippen molar-refractivity contribution in [1.29, 1.82) is 5.26 Å². The van der Waals surface area contributed by atoms with Gasteiger partial charge in [-0.05, 0) is 55.9 Å². The lowest BCUT2D eigenvalue weighted by Gasteiger charge is -2.36. The zero-order valence-corrected chi connectivity index (χ0v) is 17.5. The lowest BCUT2D eigenvalue weighted by atomic mass is 10.1. The molecular formula is C22H24F3N5O2. The van der Waals surface area contributed by atoms with Crippen LogP contribution in [-0.4, -0.2) is 64.9 Å². The molecule has 3 heterocycles. The number of halogens is 3. The van der Waals surface area contributed by atoms with E-state index in [0.717, 1.165) is 18.6 Å². The van der Waals surface area contributed by atoms with Gasteiger partial charge in [0.25, 0.3) is 0 Å². The Morgan fingerprint density at radius 3 is 2.69 bits per heavy atom. The van der Waals surface area contributed by atoms with Crippen molar-refractivity contribution in [2.75, 3.05) is 18.0 Å². The summed E-state index contributed by atoms with van der Waals surface area (Å²) in [6.07, 6.45) is -2.39. The number of nitrogens with zero attached hydrogens (tertiary/aromatic N) is 4. The third-order valence-electron chi connectivity index (χ3n) is 7.19. The minimum Gasteiger partial charge on any atom is -0.322 e. The minimum atomic E-state index is -4.49. The second-order valence-corrected chi connectivity index (χ2v) is 9.42. The van der Waals surface area contributed by atoms with Crippen LogP contribution in [0.15, 0.2) is 18.2 Å². The number of hydrogen-bond donors (Lipinski definition) is 1. The Balaban J connectivity index is 1.28. The van der Waals surface area contributed by atoms with Crippen molar-refractivity contribution in [3.63, 3.8) is 0 Å². The van der Waals surface area contributed by atoms with Crippen LogP contribution in [0.2, 0.25) is 0 Å². The van der Waals surface area contributed by atoms with Crippen LogP contribution in [-0.2, 0) is 15.8 Å². The fourth-order valence-corrected chi connectivity index (χ4v) is 5.68. The fourth-order valence-electron chi connectivity index (χ4n) is 5.68. The van der Waals surface area contributed by atoms with Gasteiger partial charge < -0.3 is 15.5 Å². The summed E-state index contributed by atoms with van der Waals surface area (Å²) in [4.78, 5) is 30.9. The van der Waals surface area contributed by atoms with E-state index in [0.29, 0.717) is 30.9 Å². The second-order valence-electron chi connectivity index (χ2n) is 9.42. The average Bonchev–Trinajstić information content (AvgIpc) is 3.05. The van der Waals surface area contributed by atoms with Gasteiger partial charge in [0.2, 0.25) is 11.8 Å². The molecule has 5 rings (SSSR count). The Morgan fingerprint density at radius 1 is 1.28 bits per heavy atom. The third kappa shape index (κ3) is 3.35. The zero-order chi connectivity index (χ0) is 22.9. The first-order valence-corrected chi connectivity index (χ1v) is 10.8. The molecule has 1 unspecified atom stereocenters. The Morgan fingerprint density at radius 2 is 2.03 bits per heavy atom. The standard InChI is InChI=1S/C22H24F3N5O2/c1-11-2-13(22(23,24)25)6-14(3-11)29-16-7-19(21(29)32)28(9-16)10-17(27)20(31)30-15(8-26)4-12-5-18(12)30/h2-3,6,12,15-19H,4-5,7,9-10,27H2,1H3/t12?,15-,16+,17-,18-,19+/m0/s1. The number of likely N-dealkylation sites (tertiary alicyclic amines) is 2. The summed E-state index contributed by atoms with van der Waals surface area (Å²) in [5, 5.41) is 9.32. The zero-order valence-electron chi connectivity index (χ0n) is 17.5. The topological polar surface area (TPSA) is 93.7 Å². The van der Waals surface area contributed by atoms with Crippen molar-refractivity contribution >= 4 is 17.5 Å². The van der Waals surface area contributed by atoms with Crippen LogP contribution in [0.3, 0.4) is 0 Å². The fraction of sp³-hybridized carbons (Fsp3) is 0.591. The summed E-state index contributed by atoms with van der Waals surface area (Å²) in [6, 6.07) is 3.91. The highest BCUT2D eigenvalue weighted by atomic mass is 19.4. The van der Waals surface area contributed by atoms with E-state index in [2.05, 4.69) is 6.07 Å². The quantitative estimate of drug-likeness (QED) is 0.758. The van der Waals surface area contributed by atoms with Gasteiger partial charge in [-0.1, -0.05) is 0 Å². The molecule has 7 nitrogen and oxygen atoms in total. The molecule has 1 saturated carbocycles. The Bertz CT molecular complexity index is 1020. The van der Waals surface area contributed by atoms with Crippen molar-refractivity contribution in [2.24, 2.45) is 11.7 Å². The van der Waals surface area contributed by atoms with Crippen LogP contribution in [0.5, 0.6) is 0 Å². The summed E-state index contributed by atoms with van der Waals surface area (Å²) in [5.41, 5.74) is 6.11. The minimum absolute atomic E-state index is 0.106. The van der Waals surface area contributed by atoms with Crippen molar-refractivity contribution in [3.8, 4) is 6.07 Å². The van der Waals surface area contributed by atoms with Gasteiger partial charge in [-0.15, -0.1) is 0 Å². The van der Waals surface area contributed by atoms with Crippen molar-refractivity contribution in [1.82, 2.24) is 9.80 Å². The maximum absolute atomic E-state index is 13.2. The number of fused-ring (bicyclic) bond motifs is 3. The van der Waals surface area contributed by atoms with Gasteiger partial charge in [0, 0.05) is 24.8 Å². The number of nitriles is 1. The monoisotopic (exact) mass is 447 g/mol. The van der Waals surface area contributed by atoms with Crippen LogP contribution in [0, 0.1) is 24.2 Å². The molecule has 2 N–H and O–H groups in total. The summed E-state index contributed by atoms with van der Waals surface area (Å²) < 4.78 is 39.7. The first-order chi connectivity index (χ1) is 15.1. The normalized spacial score (nSPS) is 32.2. The highest BCUT2D eigenvalue weighted by molar-refractivity contribution is 6.01. The second kappa shape index (κ2) is 7.18. The molecule has 0 radical (unpaired) electrons. The molecule has 2 bridgehead atoms. The Kier molecular flexibility index (Phi) is 4.76. The number of piperazine rings is 1. The summed E-state index contributed by atoms with van der Waals surface area (Å²) >= 11 is 0. The number of alkyl halides is 3. The molecule has 3 aliphatic heterocycles. The van der Waals surface area contributed by atoms with E-state index in [1.54, 1.807) is 17.9 Å². The summed E-state index contributed by atoms with van der Waals surface area (Å²) in [6.45, 7) is 2.21. The SMILES string of the molecule is Cc1cc(N2C(=O)[C@H]3C[C@@H]2CN3C[C@H](N)C(=O)N2[C@H](C#N)CC3C[C@@H]32)cc(C(F)(F)F)c1. The summed E-state index contributed by atoms with van der Waals surface area (Å²) in [7, 11) is 0. The van der Waals surface area contributed by atoms with Gasteiger partial charge in [-0.3, -0.25) is 14.5 Å². The predicted octanol–water partition coefficient (Wildman–Crippen LogP) is 1.64. The number of carbonyl (C=O) groups excluding carboxylic acids is 2. The smallest absolute Gasteiger partial charge is 0.322 e. The molecule has 6 atom stereocenters. The lowest BCUT2D eigenvalue weighted by molar-refractivity contribution is -0.137. The van der Waals surface area contributed by atoms with Crippen molar-refractivity contribution in [3.05, 3.63) is 29.3 Å². The molecule has 10 heteroatoms. The van der Waals surface area contributed by atoms with E-state index in [-0.39, 0.29) is 36.1 Å². The van der Waals surface area contributed by atoms with E-state index in [1.165, 1.54) is 4.90 Å². The first kappa shape index (κ1) is 21.2.